The van der Waals surface area contributed by atoms with Crippen molar-refractivity contribution in [3.63, 3.8) is 0 Å². The number of benzene rings is 2. The molecule has 3 N–H and O–H groups in total. The van der Waals surface area contributed by atoms with E-state index in [0.29, 0.717) is 28.4 Å². The maximum atomic E-state index is 13.4. The second-order valence-electron chi connectivity index (χ2n) is 6.03. The summed E-state index contributed by atoms with van der Waals surface area (Å²) >= 11 is 0. The number of carbonyl (C=O) groups excluding carboxylic acids is 1. The fourth-order valence-electron chi connectivity index (χ4n) is 3.18. The van der Waals surface area contributed by atoms with Gasteiger partial charge in [-0.3, -0.25) is 10.1 Å². The molecule has 142 valence electrons. The van der Waals surface area contributed by atoms with Crippen LogP contribution in [-0.4, -0.2) is 33.2 Å². The van der Waals surface area contributed by atoms with Crippen LogP contribution in [0.2, 0.25) is 0 Å². The molecule has 0 saturated carbocycles. The molecule has 0 radical (unpaired) electrons. The van der Waals surface area contributed by atoms with Gasteiger partial charge in [0, 0.05) is 6.42 Å². The van der Waals surface area contributed by atoms with E-state index in [1.807, 2.05) is 0 Å². The van der Waals surface area contributed by atoms with E-state index in [9.17, 15) is 9.18 Å². The monoisotopic (exact) mass is 373 g/mol. The van der Waals surface area contributed by atoms with Crippen LogP contribution in [0.25, 0.3) is 0 Å². The standard InChI is InChI=1S/C19H20FN3O4/c1-25-14-8-11(9-15(26-2)16(14)27-3)10-19(17(24)22-18(21)23-19)12-4-6-13(20)7-5-12/h4-9H,10H2,1-3H3,(H3,21,22,23,24)/t19-/m1/s1. The summed E-state index contributed by atoms with van der Waals surface area (Å²) in [5.74, 6) is 0.570. The van der Waals surface area contributed by atoms with Crippen molar-refractivity contribution < 1.29 is 23.4 Å². The molecule has 0 spiro atoms. The smallest absolute Gasteiger partial charge is 0.259 e. The lowest BCUT2D eigenvalue weighted by Crippen LogP contribution is -2.40. The van der Waals surface area contributed by atoms with E-state index in [4.69, 9.17) is 19.9 Å². The van der Waals surface area contributed by atoms with Gasteiger partial charge in [-0.05, 0) is 35.4 Å². The number of nitrogens with two attached hydrogens (primary N) is 1. The molecule has 8 heteroatoms. The van der Waals surface area contributed by atoms with Crippen LogP contribution in [0, 0.1) is 5.82 Å². The molecular formula is C19H20FN3O4. The number of amides is 1. The summed E-state index contributed by atoms with van der Waals surface area (Å²) in [7, 11) is 4.53. The van der Waals surface area contributed by atoms with Crippen molar-refractivity contribution in [2.75, 3.05) is 21.3 Å². The lowest BCUT2D eigenvalue weighted by molar-refractivity contribution is -0.124. The number of aliphatic imine (C=N–C) groups is 1. The van der Waals surface area contributed by atoms with Crippen molar-refractivity contribution in [1.29, 1.82) is 0 Å². The lowest BCUT2D eigenvalue weighted by atomic mass is 9.84. The second kappa shape index (κ2) is 7.14. The predicted octanol–water partition coefficient (Wildman–Crippen LogP) is 1.73. The molecule has 7 nitrogen and oxygen atoms in total. The van der Waals surface area contributed by atoms with Gasteiger partial charge in [0.2, 0.25) is 5.75 Å². The molecular weight excluding hydrogens is 353 g/mol. The zero-order chi connectivity index (χ0) is 19.6. The molecule has 0 unspecified atom stereocenters. The van der Waals surface area contributed by atoms with E-state index in [2.05, 4.69) is 10.3 Å². The first-order valence-electron chi connectivity index (χ1n) is 8.15. The Bertz CT molecular complexity index is 873. The van der Waals surface area contributed by atoms with E-state index < -0.39 is 11.4 Å². The largest absolute Gasteiger partial charge is 0.493 e. The number of hydrogen-bond donors (Lipinski definition) is 2. The zero-order valence-electron chi connectivity index (χ0n) is 15.2. The van der Waals surface area contributed by atoms with E-state index >= 15 is 0 Å². The summed E-state index contributed by atoms with van der Waals surface area (Å²) in [6.45, 7) is 0. The van der Waals surface area contributed by atoms with Gasteiger partial charge in [0.15, 0.2) is 23.0 Å². The Morgan fingerprint density at radius 3 is 2.11 bits per heavy atom. The van der Waals surface area contributed by atoms with E-state index in [-0.39, 0.29) is 18.3 Å². The Kier molecular flexibility index (Phi) is 4.89. The maximum absolute atomic E-state index is 13.4. The molecule has 0 bridgehead atoms. The summed E-state index contributed by atoms with van der Waals surface area (Å²) in [6.07, 6.45) is 0.169. The van der Waals surface area contributed by atoms with Gasteiger partial charge in [0.25, 0.3) is 5.91 Å². The molecule has 0 aliphatic carbocycles. The lowest BCUT2D eigenvalue weighted by Gasteiger charge is -2.25. The van der Waals surface area contributed by atoms with Gasteiger partial charge in [-0.2, -0.15) is 0 Å². The molecule has 0 aromatic heterocycles. The quantitative estimate of drug-likeness (QED) is 0.804. The molecule has 3 rings (SSSR count). The Hall–Kier alpha value is -3.29. The fourth-order valence-corrected chi connectivity index (χ4v) is 3.18. The average Bonchev–Trinajstić information content (AvgIpc) is 2.95. The molecule has 2 aromatic rings. The third kappa shape index (κ3) is 3.25. The number of halogens is 1. The minimum absolute atomic E-state index is 0.0109. The van der Waals surface area contributed by atoms with Crippen molar-refractivity contribution in [3.05, 3.63) is 53.3 Å². The minimum Gasteiger partial charge on any atom is -0.493 e. The summed E-state index contributed by atoms with van der Waals surface area (Å²) < 4.78 is 29.4. The van der Waals surface area contributed by atoms with Crippen LogP contribution >= 0.6 is 0 Å². The van der Waals surface area contributed by atoms with Crippen molar-refractivity contribution in [2.24, 2.45) is 10.7 Å². The van der Waals surface area contributed by atoms with Crippen LogP contribution in [0.3, 0.4) is 0 Å². The van der Waals surface area contributed by atoms with Gasteiger partial charge in [-0.25, -0.2) is 9.38 Å². The van der Waals surface area contributed by atoms with Gasteiger partial charge < -0.3 is 19.9 Å². The van der Waals surface area contributed by atoms with Crippen LogP contribution in [0.15, 0.2) is 41.4 Å². The van der Waals surface area contributed by atoms with Crippen LogP contribution in [0.5, 0.6) is 17.2 Å². The Labute approximate surface area is 155 Å². The summed E-state index contributed by atoms with van der Waals surface area (Å²) in [4.78, 5) is 17.1. The third-order valence-corrected chi connectivity index (χ3v) is 4.43. The molecule has 0 saturated heterocycles. The molecule has 27 heavy (non-hydrogen) atoms. The molecule has 1 heterocycles. The number of guanidine groups is 1. The van der Waals surface area contributed by atoms with Crippen LogP contribution in [-0.2, 0) is 16.8 Å². The first kappa shape index (κ1) is 18.5. The Balaban J connectivity index is 2.11. The summed E-state index contributed by atoms with van der Waals surface area (Å²) in [5.41, 5.74) is 5.67. The van der Waals surface area contributed by atoms with E-state index in [1.54, 1.807) is 12.1 Å². The molecule has 2 aromatic carbocycles. The normalized spacial score (nSPS) is 18.7. The van der Waals surface area contributed by atoms with E-state index in [0.717, 1.165) is 0 Å². The first-order chi connectivity index (χ1) is 12.9. The molecule has 1 atom stereocenters. The number of methoxy groups -OCH3 is 3. The number of nitrogens with one attached hydrogen (secondary N) is 1. The minimum atomic E-state index is -1.32. The predicted molar refractivity (Wildman–Crippen MR) is 97.6 cm³/mol. The van der Waals surface area contributed by atoms with Crippen molar-refractivity contribution >= 4 is 11.9 Å². The van der Waals surface area contributed by atoms with E-state index in [1.165, 1.54) is 45.6 Å². The number of rotatable bonds is 6. The molecule has 1 amide bonds. The summed E-state index contributed by atoms with van der Waals surface area (Å²) in [5, 5.41) is 2.53. The van der Waals surface area contributed by atoms with Crippen LogP contribution < -0.4 is 25.3 Å². The van der Waals surface area contributed by atoms with Crippen molar-refractivity contribution in [3.8, 4) is 17.2 Å². The molecule has 1 aliphatic heterocycles. The Morgan fingerprint density at radius 1 is 1.07 bits per heavy atom. The van der Waals surface area contributed by atoms with Crippen molar-refractivity contribution in [1.82, 2.24) is 5.32 Å². The number of hydrogen-bond acceptors (Lipinski definition) is 6. The topological polar surface area (TPSA) is 95.2 Å². The molecule has 1 aliphatic rings. The maximum Gasteiger partial charge on any atom is 0.259 e. The van der Waals surface area contributed by atoms with Gasteiger partial charge in [0.1, 0.15) is 5.82 Å². The average molecular weight is 373 g/mol. The van der Waals surface area contributed by atoms with Crippen molar-refractivity contribution in [2.45, 2.75) is 12.0 Å². The zero-order valence-corrected chi connectivity index (χ0v) is 15.2. The fraction of sp³-hybridized carbons (Fsp3) is 0.263. The highest BCUT2D eigenvalue weighted by Crippen LogP contribution is 2.41. The summed E-state index contributed by atoms with van der Waals surface area (Å²) in [6, 6.07) is 9.09. The third-order valence-electron chi connectivity index (χ3n) is 4.43. The highest BCUT2D eigenvalue weighted by atomic mass is 19.1. The Morgan fingerprint density at radius 2 is 1.67 bits per heavy atom. The second-order valence-corrected chi connectivity index (χ2v) is 6.03. The SMILES string of the molecule is COc1cc(C[C@]2(c3ccc(F)cc3)N=C(N)NC2=O)cc(OC)c1OC. The highest BCUT2D eigenvalue weighted by molar-refractivity contribution is 6.07. The molecule has 0 fully saturated rings. The first-order valence-corrected chi connectivity index (χ1v) is 8.15. The number of ether oxygens (including phenoxy) is 3. The van der Waals surface area contributed by atoms with Gasteiger partial charge in [-0.1, -0.05) is 12.1 Å². The number of carbonyl (C=O) groups is 1. The van der Waals surface area contributed by atoms with Crippen LogP contribution in [0.4, 0.5) is 4.39 Å². The van der Waals surface area contributed by atoms with Gasteiger partial charge in [-0.15, -0.1) is 0 Å². The van der Waals surface area contributed by atoms with Gasteiger partial charge >= 0.3 is 0 Å². The van der Waals surface area contributed by atoms with Gasteiger partial charge in [0.05, 0.1) is 21.3 Å². The van der Waals surface area contributed by atoms with Crippen LogP contribution in [0.1, 0.15) is 11.1 Å². The highest BCUT2D eigenvalue weighted by Gasteiger charge is 2.45. The number of nitrogens with zero attached hydrogens (tertiary/aromatic N) is 1.